The van der Waals surface area contributed by atoms with Gasteiger partial charge in [0.25, 0.3) is 0 Å². The van der Waals surface area contributed by atoms with Crippen LogP contribution in [0.25, 0.3) is 11.3 Å². The monoisotopic (exact) mass is 420 g/mol. The summed E-state index contributed by atoms with van der Waals surface area (Å²) in [5.74, 6) is -0.576. The number of nitrogens with one attached hydrogen (secondary N) is 2. The highest BCUT2D eigenvalue weighted by Crippen LogP contribution is 2.22. The number of urea groups is 1. The molecule has 0 radical (unpaired) electrons. The summed E-state index contributed by atoms with van der Waals surface area (Å²) in [6, 6.07) is 15.5. The van der Waals surface area contributed by atoms with Gasteiger partial charge in [-0.25, -0.2) is 10.2 Å². The summed E-state index contributed by atoms with van der Waals surface area (Å²) in [5, 5.41) is 9.05. The van der Waals surface area contributed by atoms with Gasteiger partial charge < -0.3 is 5.32 Å². The fraction of sp³-hybridized carbons (Fsp3) is 0.0556. The molecule has 0 saturated heterocycles. The van der Waals surface area contributed by atoms with E-state index in [1.54, 1.807) is 53.9 Å². The Labute approximate surface area is 169 Å². The van der Waals surface area contributed by atoms with Crippen molar-refractivity contribution in [1.82, 2.24) is 9.99 Å². The van der Waals surface area contributed by atoms with Crippen LogP contribution in [-0.4, -0.2) is 22.4 Å². The van der Waals surface area contributed by atoms with E-state index in [-0.39, 0.29) is 11.8 Å². The topological polar surface area (TPSA) is 75.5 Å². The summed E-state index contributed by atoms with van der Waals surface area (Å²) < 4.78 is 1.36. The Kier molecular flexibility index (Phi) is 6.28. The lowest BCUT2D eigenvalue weighted by Gasteiger charge is -2.06. The number of thiazole rings is 1. The number of carbonyl (C=O) groups excluding carboxylic acids is 2. The molecule has 27 heavy (non-hydrogen) atoms. The zero-order valence-corrected chi connectivity index (χ0v) is 16.2. The highest BCUT2D eigenvalue weighted by atomic mass is 35.5. The summed E-state index contributed by atoms with van der Waals surface area (Å²) in [4.78, 5) is 24.6. The van der Waals surface area contributed by atoms with Crippen LogP contribution in [0.1, 0.15) is 4.79 Å². The van der Waals surface area contributed by atoms with E-state index >= 15 is 0 Å². The molecule has 0 fully saturated rings. The molecule has 138 valence electrons. The third-order valence-corrected chi connectivity index (χ3v) is 4.80. The van der Waals surface area contributed by atoms with Gasteiger partial charge >= 0.3 is 6.03 Å². The van der Waals surface area contributed by atoms with Crippen molar-refractivity contribution in [2.24, 2.45) is 5.10 Å². The lowest BCUT2D eigenvalue weighted by Crippen LogP contribution is -2.31. The minimum atomic E-state index is -0.521. The van der Waals surface area contributed by atoms with Gasteiger partial charge in [-0.3, -0.25) is 9.36 Å². The maximum Gasteiger partial charge on any atom is 0.339 e. The van der Waals surface area contributed by atoms with E-state index in [0.29, 0.717) is 21.2 Å². The van der Waals surface area contributed by atoms with Crippen molar-refractivity contribution < 1.29 is 9.59 Å². The van der Waals surface area contributed by atoms with E-state index in [1.165, 1.54) is 15.9 Å². The van der Waals surface area contributed by atoms with Crippen LogP contribution >= 0.6 is 34.5 Å². The van der Waals surface area contributed by atoms with Gasteiger partial charge in [-0.1, -0.05) is 41.9 Å². The van der Waals surface area contributed by atoms with Gasteiger partial charge in [0.2, 0.25) is 10.7 Å². The van der Waals surface area contributed by atoms with Gasteiger partial charge in [-0.2, -0.15) is 0 Å². The molecule has 2 aromatic carbocycles. The quantitative estimate of drug-likeness (QED) is 0.485. The highest BCUT2D eigenvalue weighted by molar-refractivity contribution is 7.07. The van der Waals surface area contributed by atoms with Gasteiger partial charge in [-0.05, 0) is 29.8 Å². The first-order valence-corrected chi connectivity index (χ1v) is 9.59. The van der Waals surface area contributed by atoms with E-state index in [9.17, 15) is 9.59 Å². The molecule has 1 heterocycles. The number of hydrogen-bond acceptors (Lipinski definition) is 4. The Balaban J connectivity index is 1.88. The van der Waals surface area contributed by atoms with Crippen LogP contribution in [0.15, 0.2) is 65.1 Å². The molecular weight excluding hydrogens is 407 g/mol. The van der Waals surface area contributed by atoms with Crippen LogP contribution < -0.4 is 15.5 Å². The van der Waals surface area contributed by atoms with Crippen molar-refractivity contribution in [2.75, 3.05) is 11.2 Å². The number of amides is 2. The third-order valence-electron chi connectivity index (χ3n) is 3.50. The number of hydrogen-bond donors (Lipinski definition) is 2. The van der Waals surface area contributed by atoms with Crippen LogP contribution in [0.4, 0.5) is 10.5 Å². The van der Waals surface area contributed by atoms with Crippen LogP contribution in [0.5, 0.6) is 0 Å². The number of benzene rings is 2. The Bertz CT molecular complexity index is 1010. The number of alkyl halides is 1. The maximum atomic E-state index is 12.3. The number of para-hydroxylation sites is 1. The van der Waals surface area contributed by atoms with Crippen molar-refractivity contribution in [3.8, 4) is 11.3 Å². The molecule has 0 aliphatic heterocycles. The number of anilines is 1. The second-order valence-electron chi connectivity index (χ2n) is 5.32. The molecule has 6 nitrogen and oxygen atoms in total. The van der Waals surface area contributed by atoms with E-state index < -0.39 is 6.03 Å². The standard InChI is InChI=1S/C18H14Cl2N4O2S/c19-10-16(25)24-15(12-6-8-13(20)9-7-12)11-27-18(24)23-22-17(26)21-14-4-2-1-3-5-14/h1-9,11H,10H2,(H2,21,22,26)/b23-18+. The fourth-order valence-electron chi connectivity index (χ4n) is 2.29. The lowest BCUT2D eigenvalue weighted by molar-refractivity contribution is 0.0938. The molecule has 0 spiro atoms. The fourth-order valence-corrected chi connectivity index (χ4v) is 3.40. The van der Waals surface area contributed by atoms with Crippen LogP contribution in [0.2, 0.25) is 5.02 Å². The van der Waals surface area contributed by atoms with E-state index in [0.717, 1.165) is 5.56 Å². The summed E-state index contributed by atoms with van der Waals surface area (Å²) in [5.41, 5.74) is 4.42. The van der Waals surface area contributed by atoms with E-state index in [4.69, 9.17) is 23.2 Å². The second-order valence-corrected chi connectivity index (χ2v) is 6.86. The molecule has 3 aromatic rings. The van der Waals surface area contributed by atoms with Crippen molar-refractivity contribution >= 4 is 52.2 Å². The van der Waals surface area contributed by atoms with Gasteiger partial charge in [0, 0.05) is 16.1 Å². The number of nitrogens with zero attached hydrogens (tertiary/aromatic N) is 2. The largest absolute Gasteiger partial charge is 0.339 e. The minimum Gasteiger partial charge on any atom is -0.307 e. The van der Waals surface area contributed by atoms with Gasteiger partial charge in [0.1, 0.15) is 5.88 Å². The zero-order chi connectivity index (χ0) is 19.2. The molecule has 0 atom stereocenters. The van der Waals surface area contributed by atoms with Crippen molar-refractivity contribution in [3.05, 3.63) is 69.8 Å². The summed E-state index contributed by atoms with van der Waals surface area (Å²) >= 11 is 12.9. The maximum absolute atomic E-state index is 12.3. The first-order chi connectivity index (χ1) is 13.1. The minimum absolute atomic E-state index is 0.222. The van der Waals surface area contributed by atoms with Gasteiger partial charge in [0.05, 0.1) is 5.69 Å². The number of carbonyl (C=O) groups is 2. The molecule has 3 rings (SSSR count). The average Bonchev–Trinajstić information content (AvgIpc) is 3.11. The molecule has 0 aliphatic rings. The summed E-state index contributed by atoms with van der Waals surface area (Å²) in [6.07, 6.45) is 0. The Morgan fingerprint density at radius 3 is 2.44 bits per heavy atom. The van der Waals surface area contributed by atoms with Crippen molar-refractivity contribution in [3.63, 3.8) is 0 Å². The van der Waals surface area contributed by atoms with Crippen molar-refractivity contribution in [1.29, 1.82) is 0 Å². The predicted octanol–water partition coefficient (Wildman–Crippen LogP) is 4.39. The molecular formula is C18H14Cl2N4O2S. The van der Waals surface area contributed by atoms with Crippen LogP contribution in [-0.2, 0) is 0 Å². The van der Waals surface area contributed by atoms with Gasteiger partial charge in [0.15, 0.2) is 0 Å². The molecule has 2 N–H and O–H groups in total. The molecule has 0 bridgehead atoms. The molecule has 0 unspecified atom stereocenters. The van der Waals surface area contributed by atoms with Crippen LogP contribution in [0.3, 0.4) is 0 Å². The predicted molar refractivity (Wildman–Crippen MR) is 108 cm³/mol. The molecule has 2 amide bonds. The molecule has 1 aromatic heterocycles. The first-order valence-electron chi connectivity index (χ1n) is 7.80. The number of aromatic nitrogens is 1. The van der Waals surface area contributed by atoms with Crippen molar-refractivity contribution in [2.45, 2.75) is 0 Å². The highest BCUT2D eigenvalue weighted by Gasteiger charge is 2.14. The molecule has 9 heteroatoms. The molecule has 0 aliphatic carbocycles. The Morgan fingerprint density at radius 1 is 1.07 bits per heavy atom. The number of rotatable bonds is 4. The SMILES string of the molecule is O=C(N/N=c1/scc(-c2ccc(Cl)cc2)n1C(=O)CCl)Nc1ccccc1. The average molecular weight is 421 g/mol. The Hall–Kier alpha value is -2.61. The summed E-state index contributed by atoms with van der Waals surface area (Å²) in [6.45, 7) is 0. The van der Waals surface area contributed by atoms with Crippen LogP contribution in [0, 0.1) is 0 Å². The van der Waals surface area contributed by atoms with Gasteiger partial charge in [-0.15, -0.1) is 28.0 Å². The van der Waals surface area contributed by atoms with E-state index in [1.807, 2.05) is 6.07 Å². The normalized spacial score (nSPS) is 11.3. The second kappa shape index (κ2) is 8.85. The molecule has 0 saturated carbocycles. The third kappa shape index (κ3) is 4.77. The summed E-state index contributed by atoms with van der Waals surface area (Å²) in [7, 11) is 0. The number of halogens is 2. The zero-order valence-electron chi connectivity index (χ0n) is 13.9. The Morgan fingerprint density at radius 2 is 1.78 bits per heavy atom. The first kappa shape index (κ1) is 19.2. The lowest BCUT2D eigenvalue weighted by atomic mass is 10.2. The smallest absolute Gasteiger partial charge is 0.307 e. The van der Waals surface area contributed by atoms with E-state index in [2.05, 4.69) is 15.8 Å².